The lowest BCUT2D eigenvalue weighted by molar-refractivity contribution is -0.0507. The molecule has 1 aromatic heterocycles. The number of nitrogens with zero attached hydrogens (tertiary/aromatic N) is 2. The number of benzene rings is 3. The molecule has 1 amide bonds. The fraction of sp³-hybridized carbons (Fsp3) is 0.231. The monoisotopic (exact) mass is 511 g/mol. The molecule has 3 aromatic carbocycles. The van der Waals surface area contributed by atoms with Crippen LogP contribution in [0.2, 0.25) is 0 Å². The smallest absolute Gasteiger partial charge is 0.387 e. The number of fused-ring (bicyclic) bond motifs is 9. The summed E-state index contributed by atoms with van der Waals surface area (Å²) >= 11 is 0. The van der Waals surface area contributed by atoms with Crippen LogP contribution in [-0.4, -0.2) is 35.4 Å². The highest BCUT2D eigenvalue weighted by molar-refractivity contribution is 7.70. The Bertz CT molecular complexity index is 1610. The van der Waals surface area contributed by atoms with Crippen LogP contribution in [-0.2, 0) is 4.57 Å². The van der Waals surface area contributed by atoms with Gasteiger partial charge in [0.15, 0.2) is 0 Å². The average molecular weight is 511 g/mol. The summed E-state index contributed by atoms with van der Waals surface area (Å²) in [6.07, 6.45) is 0.441. The molecule has 0 unspecified atom stereocenters. The molecule has 0 saturated heterocycles. The molecule has 0 aliphatic carbocycles. The van der Waals surface area contributed by atoms with E-state index < -0.39 is 31.7 Å². The van der Waals surface area contributed by atoms with Crippen LogP contribution in [0.3, 0.4) is 0 Å². The van der Waals surface area contributed by atoms with Gasteiger partial charge >= 0.3 is 6.61 Å². The van der Waals surface area contributed by atoms with Crippen molar-refractivity contribution in [2.24, 2.45) is 0 Å². The lowest BCUT2D eigenvalue weighted by atomic mass is 9.97. The Labute approximate surface area is 204 Å². The summed E-state index contributed by atoms with van der Waals surface area (Å²) in [5.74, 6) is -0.319. The number of imidazole rings is 1. The molecule has 36 heavy (non-hydrogen) atoms. The third kappa shape index (κ3) is 3.53. The van der Waals surface area contributed by atoms with Gasteiger partial charge in [0.1, 0.15) is 24.5 Å². The number of alkyl halides is 2. The first-order valence-electron chi connectivity index (χ1n) is 11.4. The highest BCUT2D eigenvalue weighted by Gasteiger charge is 2.42. The number of ether oxygens (including phenoxy) is 1. The first-order valence-corrected chi connectivity index (χ1v) is 14.0. The number of carbonyl (C=O) groups is 1. The SMILES string of the molecule is CP(C)(=O)c1ccc(-c2ccc3nc4n(c3c2)[C@H]2C[C@H]4NC(=O)c3cccc(OC(F)F)c32)cc1F. The highest BCUT2D eigenvalue weighted by atomic mass is 31.2. The fourth-order valence-corrected chi connectivity index (χ4v) is 6.33. The van der Waals surface area contributed by atoms with Crippen LogP contribution < -0.4 is 15.4 Å². The second-order valence-corrected chi connectivity index (χ2v) is 12.6. The van der Waals surface area contributed by atoms with Crippen LogP contribution in [0.5, 0.6) is 5.75 Å². The second-order valence-electron chi connectivity index (χ2n) is 9.43. The predicted octanol–water partition coefficient (Wildman–Crippen LogP) is 5.47. The number of nitrogens with one attached hydrogen (secondary N) is 1. The molecule has 4 aromatic rings. The van der Waals surface area contributed by atoms with Gasteiger partial charge in [-0.05, 0) is 67.3 Å². The molecule has 3 heterocycles. The molecule has 6 nitrogen and oxygen atoms in total. The Balaban J connectivity index is 1.52. The molecular weight excluding hydrogens is 490 g/mol. The van der Waals surface area contributed by atoms with E-state index in [-0.39, 0.29) is 22.5 Å². The van der Waals surface area contributed by atoms with Crippen molar-refractivity contribution in [1.29, 1.82) is 0 Å². The molecule has 2 atom stereocenters. The topological polar surface area (TPSA) is 73.2 Å². The number of hydrogen-bond donors (Lipinski definition) is 1. The molecule has 0 fully saturated rings. The number of amides is 1. The van der Waals surface area contributed by atoms with Crippen LogP contribution in [0.4, 0.5) is 13.2 Å². The van der Waals surface area contributed by atoms with Crippen LogP contribution in [0, 0.1) is 5.82 Å². The van der Waals surface area contributed by atoms with E-state index in [4.69, 9.17) is 9.72 Å². The minimum Gasteiger partial charge on any atom is -0.434 e. The van der Waals surface area contributed by atoms with Gasteiger partial charge in [0.05, 0.1) is 23.1 Å². The maximum Gasteiger partial charge on any atom is 0.387 e. The summed E-state index contributed by atoms with van der Waals surface area (Å²) in [5.41, 5.74) is 3.39. The van der Waals surface area contributed by atoms with E-state index in [1.54, 1.807) is 18.2 Å². The Morgan fingerprint density at radius 1 is 1.11 bits per heavy atom. The second kappa shape index (κ2) is 7.96. The van der Waals surface area contributed by atoms with Crippen molar-refractivity contribution in [3.05, 3.63) is 77.4 Å². The largest absolute Gasteiger partial charge is 0.434 e. The number of aromatic nitrogens is 2. The van der Waals surface area contributed by atoms with E-state index in [2.05, 4.69) is 5.32 Å². The van der Waals surface area contributed by atoms with Crippen molar-refractivity contribution in [3.63, 3.8) is 0 Å². The van der Waals surface area contributed by atoms with Crippen molar-refractivity contribution < 1.29 is 27.3 Å². The number of carbonyl (C=O) groups excluding carboxylic acids is 1. The molecule has 0 saturated carbocycles. The minimum absolute atomic E-state index is 0.0459. The third-order valence-corrected chi connectivity index (χ3v) is 8.35. The first-order chi connectivity index (χ1) is 17.1. The van der Waals surface area contributed by atoms with E-state index in [0.29, 0.717) is 28.9 Å². The predicted molar refractivity (Wildman–Crippen MR) is 130 cm³/mol. The Kier molecular flexibility index (Phi) is 5.06. The molecule has 2 aliphatic rings. The quantitative estimate of drug-likeness (QED) is 0.369. The van der Waals surface area contributed by atoms with E-state index in [0.717, 1.165) is 11.1 Å². The summed E-state index contributed by atoms with van der Waals surface area (Å²) in [6.45, 7) is 0.0105. The molecule has 0 spiro atoms. The van der Waals surface area contributed by atoms with Crippen LogP contribution in [0.25, 0.3) is 22.2 Å². The summed E-state index contributed by atoms with van der Waals surface area (Å²) in [4.78, 5) is 17.6. The number of halogens is 3. The molecule has 2 bridgehead atoms. The van der Waals surface area contributed by atoms with Crippen LogP contribution in [0.1, 0.15) is 40.3 Å². The summed E-state index contributed by atoms with van der Waals surface area (Å²) in [7, 11) is -2.76. The summed E-state index contributed by atoms with van der Waals surface area (Å²) in [6, 6.07) is 13.8. The van der Waals surface area contributed by atoms with Gasteiger partial charge in [-0.3, -0.25) is 4.79 Å². The Morgan fingerprint density at radius 3 is 2.58 bits per heavy atom. The standard InChI is InChI=1S/C26H21F3N3O3P/c1-36(2,34)22-9-7-13(10-16(22)27)14-6-8-17-19(11-14)32-20-12-18(24(32)30-17)31-25(33)15-4-3-5-21(23(15)20)35-26(28)29/h3-11,18,20,26H,12H2,1-2H3,(H,31,33)/t18-,20+/m1/s1. The van der Waals surface area contributed by atoms with Gasteiger partial charge in [-0.2, -0.15) is 8.78 Å². The van der Waals surface area contributed by atoms with Crippen molar-refractivity contribution >= 4 is 29.4 Å². The normalized spacial score (nSPS) is 18.7. The lowest BCUT2D eigenvalue weighted by Gasteiger charge is -2.21. The van der Waals surface area contributed by atoms with E-state index >= 15 is 0 Å². The van der Waals surface area contributed by atoms with Gasteiger partial charge in [-0.1, -0.05) is 18.2 Å². The molecule has 0 radical (unpaired) electrons. The van der Waals surface area contributed by atoms with Gasteiger partial charge in [0.2, 0.25) is 0 Å². The molecule has 1 N–H and O–H groups in total. The molecule has 10 heteroatoms. The number of rotatable bonds is 4. The maximum atomic E-state index is 14.8. The van der Waals surface area contributed by atoms with E-state index in [1.165, 1.54) is 31.5 Å². The van der Waals surface area contributed by atoms with Crippen LogP contribution >= 0.6 is 7.14 Å². The van der Waals surface area contributed by atoms with Gasteiger partial charge in [0, 0.05) is 16.4 Å². The molecular formula is C26H21F3N3O3P. The van der Waals surface area contributed by atoms with Gasteiger partial charge in [0.25, 0.3) is 5.91 Å². The minimum atomic E-state index is -3.04. The Hall–Kier alpha value is -3.58. The highest BCUT2D eigenvalue weighted by Crippen LogP contribution is 2.47. The van der Waals surface area contributed by atoms with Crippen molar-refractivity contribution in [2.75, 3.05) is 13.3 Å². The average Bonchev–Trinajstić information content (AvgIpc) is 3.30. The zero-order valence-electron chi connectivity index (χ0n) is 19.3. The van der Waals surface area contributed by atoms with E-state index in [9.17, 15) is 22.5 Å². The van der Waals surface area contributed by atoms with Gasteiger partial charge in [-0.15, -0.1) is 0 Å². The van der Waals surface area contributed by atoms with Crippen LogP contribution in [0.15, 0.2) is 54.6 Å². The van der Waals surface area contributed by atoms with Crippen molar-refractivity contribution in [3.8, 4) is 16.9 Å². The van der Waals surface area contributed by atoms with Gasteiger partial charge < -0.3 is 19.2 Å². The third-order valence-electron chi connectivity index (χ3n) is 6.83. The molecule has 6 rings (SSSR count). The van der Waals surface area contributed by atoms with Crippen molar-refractivity contribution in [1.82, 2.24) is 14.9 Å². The summed E-state index contributed by atoms with van der Waals surface area (Å²) < 4.78 is 60.3. The fourth-order valence-electron chi connectivity index (χ4n) is 5.31. The molecule has 2 aliphatic heterocycles. The zero-order chi connectivity index (χ0) is 25.4. The lowest BCUT2D eigenvalue weighted by Crippen LogP contribution is -2.28. The maximum absolute atomic E-state index is 14.8. The van der Waals surface area contributed by atoms with Gasteiger partial charge in [-0.25, -0.2) is 9.37 Å². The molecule has 184 valence electrons. The van der Waals surface area contributed by atoms with Crippen molar-refractivity contribution in [2.45, 2.75) is 25.1 Å². The zero-order valence-corrected chi connectivity index (χ0v) is 20.2. The summed E-state index contributed by atoms with van der Waals surface area (Å²) in [5, 5.41) is 3.15. The first kappa shape index (κ1) is 22.9. The number of hydrogen-bond acceptors (Lipinski definition) is 4. The van der Waals surface area contributed by atoms with E-state index in [1.807, 2.05) is 22.8 Å². The Morgan fingerprint density at radius 2 is 1.86 bits per heavy atom.